The summed E-state index contributed by atoms with van der Waals surface area (Å²) in [4.78, 5) is 23.9. The number of rotatable bonds is 5. The van der Waals surface area contributed by atoms with Crippen molar-refractivity contribution in [1.82, 2.24) is 9.97 Å². The van der Waals surface area contributed by atoms with Crippen LogP contribution >= 0.6 is 0 Å². The molecule has 2 heterocycles. The highest BCUT2D eigenvalue weighted by Crippen LogP contribution is 2.32. The average Bonchev–Trinajstić information content (AvgIpc) is 2.72. The molecule has 0 amide bonds. The van der Waals surface area contributed by atoms with Crippen LogP contribution < -0.4 is 14.5 Å². The van der Waals surface area contributed by atoms with Gasteiger partial charge in [0, 0.05) is 44.7 Å². The summed E-state index contributed by atoms with van der Waals surface area (Å²) < 4.78 is 44.7. The van der Waals surface area contributed by atoms with Crippen molar-refractivity contribution in [1.29, 1.82) is 0 Å². The number of benzene rings is 1. The molecule has 0 atom stereocenters. The minimum atomic E-state index is -4.55. The quantitative estimate of drug-likeness (QED) is 0.704. The van der Waals surface area contributed by atoms with Crippen molar-refractivity contribution in [2.24, 2.45) is 5.92 Å². The lowest BCUT2D eigenvalue weighted by atomic mass is 9.89. The lowest BCUT2D eigenvalue weighted by Gasteiger charge is -2.32. The molecule has 0 aliphatic carbocycles. The molecule has 1 aliphatic rings. The van der Waals surface area contributed by atoms with Crippen LogP contribution in [0.1, 0.15) is 28.9 Å². The number of carbonyl (C=O) groups excluding carboxylic acids is 1. The number of aromatic nitrogens is 2. The fourth-order valence-electron chi connectivity index (χ4n) is 3.27. The third kappa shape index (κ3) is 4.78. The monoisotopic (exact) mass is 408 g/mol. The first kappa shape index (κ1) is 20.9. The molecule has 3 rings (SSSR count). The molecule has 1 fully saturated rings. The van der Waals surface area contributed by atoms with Crippen LogP contribution in [0.4, 0.5) is 24.9 Å². The first-order valence-corrected chi connectivity index (χ1v) is 9.26. The van der Waals surface area contributed by atoms with Gasteiger partial charge in [0.1, 0.15) is 11.6 Å². The summed E-state index contributed by atoms with van der Waals surface area (Å²) in [6, 6.07) is 7.87. The lowest BCUT2D eigenvalue weighted by Crippen LogP contribution is -2.38. The van der Waals surface area contributed by atoms with Gasteiger partial charge in [-0.05, 0) is 37.1 Å². The normalized spacial score (nSPS) is 15.3. The number of ether oxygens (including phenoxy) is 1. The predicted octanol–water partition coefficient (Wildman–Crippen LogP) is 3.67. The van der Waals surface area contributed by atoms with Crippen molar-refractivity contribution in [3.05, 3.63) is 41.6 Å². The molecule has 0 spiro atoms. The molecule has 0 unspecified atom stereocenters. The summed E-state index contributed by atoms with van der Waals surface area (Å²) in [5.74, 6) is 0.761. The van der Waals surface area contributed by atoms with Gasteiger partial charge in [-0.15, -0.1) is 0 Å². The van der Waals surface area contributed by atoms with Crippen molar-refractivity contribution in [2.45, 2.75) is 19.0 Å². The third-order valence-corrected chi connectivity index (χ3v) is 4.97. The zero-order chi connectivity index (χ0) is 21.2. The Morgan fingerprint density at radius 2 is 1.76 bits per heavy atom. The highest BCUT2D eigenvalue weighted by Gasteiger charge is 2.35. The number of methoxy groups -OCH3 is 1. The largest absolute Gasteiger partial charge is 0.497 e. The van der Waals surface area contributed by atoms with Crippen LogP contribution in [0, 0.1) is 5.92 Å². The Kier molecular flexibility index (Phi) is 5.95. The SMILES string of the molecule is COc1ccc(C(=O)C2CCN(c3nc(N(C)C)cc(C(F)(F)F)n3)CC2)cc1. The first-order chi connectivity index (χ1) is 13.7. The Balaban J connectivity index is 1.73. The Bertz CT molecular complexity index is 861. The molecular formula is C20H23F3N4O2. The van der Waals surface area contributed by atoms with Crippen LogP contribution in [0.3, 0.4) is 0 Å². The maximum Gasteiger partial charge on any atom is 0.433 e. The van der Waals surface area contributed by atoms with Gasteiger partial charge in [0.25, 0.3) is 0 Å². The van der Waals surface area contributed by atoms with E-state index in [0.717, 1.165) is 6.07 Å². The van der Waals surface area contributed by atoms with Crippen LogP contribution in [0.15, 0.2) is 30.3 Å². The van der Waals surface area contributed by atoms with Crippen LogP contribution in [0.2, 0.25) is 0 Å². The molecule has 0 bridgehead atoms. The Hall–Kier alpha value is -2.84. The molecule has 9 heteroatoms. The van der Waals surface area contributed by atoms with E-state index in [1.807, 2.05) is 0 Å². The molecule has 6 nitrogen and oxygen atoms in total. The van der Waals surface area contributed by atoms with E-state index in [-0.39, 0.29) is 23.5 Å². The highest BCUT2D eigenvalue weighted by atomic mass is 19.4. The van der Waals surface area contributed by atoms with Crippen LogP contribution in [-0.2, 0) is 6.18 Å². The van der Waals surface area contributed by atoms with Gasteiger partial charge in [-0.1, -0.05) is 0 Å². The molecule has 0 saturated carbocycles. The maximum absolute atomic E-state index is 13.2. The molecule has 1 saturated heterocycles. The van der Waals surface area contributed by atoms with E-state index in [1.54, 1.807) is 50.4 Å². The number of alkyl halides is 3. The maximum atomic E-state index is 13.2. The van der Waals surface area contributed by atoms with Crippen LogP contribution in [0.25, 0.3) is 0 Å². The number of anilines is 2. The number of nitrogens with zero attached hydrogens (tertiary/aromatic N) is 4. The zero-order valence-electron chi connectivity index (χ0n) is 16.5. The van der Waals surface area contributed by atoms with Gasteiger partial charge >= 0.3 is 6.18 Å². The van der Waals surface area contributed by atoms with Crippen molar-refractivity contribution in [2.75, 3.05) is 44.1 Å². The smallest absolute Gasteiger partial charge is 0.433 e. The summed E-state index contributed by atoms with van der Waals surface area (Å²) in [5.41, 5.74) is -0.364. The summed E-state index contributed by atoms with van der Waals surface area (Å²) in [5, 5.41) is 0. The molecule has 0 N–H and O–H groups in total. The molecule has 1 aromatic heterocycles. The van der Waals surface area contributed by atoms with Crippen molar-refractivity contribution >= 4 is 17.5 Å². The molecule has 156 valence electrons. The summed E-state index contributed by atoms with van der Waals surface area (Å²) in [6.07, 6.45) is -3.49. The topological polar surface area (TPSA) is 58.6 Å². The standard InChI is InChI=1S/C20H23F3N4O2/c1-26(2)17-12-16(20(21,22)23)24-19(25-17)27-10-8-14(9-11-27)18(28)13-4-6-15(29-3)7-5-13/h4-7,12,14H,8-11H2,1-3H3. The third-order valence-electron chi connectivity index (χ3n) is 4.97. The number of carbonyl (C=O) groups is 1. The van der Waals surface area contributed by atoms with Gasteiger partial charge in [0.05, 0.1) is 7.11 Å². The number of halogens is 3. The minimum Gasteiger partial charge on any atom is -0.497 e. The molecule has 0 radical (unpaired) electrons. The summed E-state index contributed by atoms with van der Waals surface area (Å²) in [6.45, 7) is 0.835. The van der Waals surface area contributed by atoms with Gasteiger partial charge in [-0.25, -0.2) is 4.98 Å². The van der Waals surface area contributed by atoms with E-state index < -0.39 is 11.9 Å². The number of hydrogen-bond donors (Lipinski definition) is 0. The number of hydrogen-bond acceptors (Lipinski definition) is 6. The lowest BCUT2D eigenvalue weighted by molar-refractivity contribution is -0.141. The van der Waals surface area contributed by atoms with Crippen molar-refractivity contribution in [3.8, 4) is 5.75 Å². The molecule has 1 aliphatic heterocycles. The van der Waals surface area contributed by atoms with E-state index >= 15 is 0 Å². The fraction of sp³-hybridized carbons (Fsp3) is 0.450. The fourth-order valence-corrected chi connectivity index (χ4v) is 3.27. The van der Waals surface area contributed by atoms with Crippen molar-refractivity contribution < 1.29 is 22.7 Å². The Morgan fingerprint density at radius 3 is 2.28 bits per heavy atom. The molecule has 1 aromatic carbocycles. The van der Waals surface area contributed by atoms with Crippen LogP contribution in [0.5, 0.6) is 5.75 Å². The van der Waals surface area contributed by atoms with Crippen LogP contribution in [-0.4, -0.2) is 50.0 Å². The second-order valence-corrected chi connectivity index (χ2v) is 7.16. The van der Waals surface area contributed by atoms with E-state index in [1.165, 1.54) is 4.90 Å². The van der Waals surface area contributed by atoms with Crippen molar-refractivity contribution in [3.63, 3.8) is 0 Å². The van der Waals surface area contributed by atoms with Gasteiger partial charge in [0.15, 0.2) is 11.5 Å². The first-order valence-electron chi connectivity index (χ1n) is 9.26. The number of ketones is 1. The molecular weight excluding hydrogens is 385 g/mol. The van der Waals surface area contributed by atoms with Gasteiger partial charge in [-0.3, -0.25) is 4.79 Å². The van der Waals surface area contributed by atoms with E-state index in [4.69, 9.17) is 4.74 Å². The number of Topliss-reactive ketones (excluding diaryl/α,β-unsaturated/α-hetero) is 1. The second kappa shape index (κ2) is 8.26. The van der Waals surface area contributed by atoms with Gasteiger partial charge in [-0.2, -0.15) is 18.2 Å². The Morgan fingerprint density at radius 1 is 1.14 bits per heavy atom. The molecule has 2 aromatic rings. The second-order valence-electron chi connectivity index (χ2n) is 7.16. The molecule has 29 heavy (non-hydrogen) atoms. The Labute approximate surface area is 167 Å². The predicted molar refractivity (Wildman–Crippen MR) is 104 cm³/mol. The minimum absolute atomic E-state index is 0.0336. The van der Waals surface area contributed by atoms with E-state index in [9.17, 15) is 18.0 Å². The number of piperidine rings is 1. The van der Waals surface area contributed by atoms with E-state index in [0.29, 0.717) is 37.2 Å². The summed E-state index contributed by atoms with van der Waals surface area (Å²) in [7, 11) is 4.82. The highest BCUT2D eigenvalue weighted by molar-refractivity contribution is 5.98. The zero-order valence-corrected chi connectivity index (χ0v) is 16.5. The summed E-state index contributed by atoms with van der Waals surface area (Å²) >= 11 is 0. The average molecular weight is 408 g/mol. The van der Waals surface area contributed by atoms with Gasteiger partial charge in [0.2, 0.25) is 5.95 Å². The van der Waals surface area contributed by atoms with Gasteiger partial charge < -0.3 is 14.5 Å². The van der Waals surface area contributed by atoms with E-state index in [2.05, 4.69) is 9.97 Å².